The molecule has 10 nitrogen and oxygen atoms in total. The van der Waals surface area contributed by atoms with Gasteiger partial charge in [-0.1, -0.05) is 0 Å². The predicted octanol–water partition coefficient (Wildman–Crippen LogP) is 1.86. The summed E-state index contributed by atoms with van der Waals surface area (Å²) >= 11 is 0. The number of nitrogens with two attached hydrogens (primary N) is 1. The van der Waals surface area contributed by atoms with Crippen molar-refractivity contribution in [3.05, 3.63) is 39.7 Å². The molecular formula is C28H35N3O7. The van der Waals surface area contributed by atoms with Gasteiger partial charge in [0.1, 0.15) is 22.8 Å². The summed E-state index contributed by atoms with van der Waals surface area (Å²) in [6.07, 6.45) is 2.16. The van der Waals surface area contributed by atoms with Crippen LogP contribution in [0, 0.1) is 11.8 Å². The number of hydrogen-bond acceptors (Lipinski definition) is 9. The van der Waals surface area contributed by atoms with Crippen molar-refractivity contribution in [1.29, 1.82) is 0 Å². The molecule has 5 atom stereocenters. The number of hydrogen-bond donors (Lipinski definition) is 5. The summed E-state index contributed by atoms with van der Waals surface area (Å²) in [5, 5.41) is 45.2. The second-order valence-corrected chi connectivity index (χ2v) is 11.5. The summed E-state index contributed by atoms with van der Waals surface area (Å²) in [5.74, 6) is -6.13. The highest BCUT2D eigenvalue weighted by Crippen LogP contribution is 2.53. The normalized spacial score (nSPS) is 31.3. The fraction of sp³-hybridized carbons (Fsp3) is 0.536. The van der Waals surface area contributed by atoms with E-state index in [2.05, 4.69) is 18.7 Å². The lowest BCUT2D eigenvalue weighted by molar-refractivity contribution is -0.147. The summed E-state index contributed by atoms with van der Waals surface area (Å²) in [6, 6.07) is 2.58. The highest BCUT2D eigenvalue weighted by atomic mass is 16.3. The van der Waals surface area contributed by atoms with Gasteiger partial charge in [0, 0.05) is 61.9 Å². The van der Waals surface area contributed by atoms with Gasteiger partial charge in [0.05, 0.1) is 5.56 Å². The Morgan fingerprint density at radius 2 is 1.76 bits per heavy atom. The monoisotopic (exact) mass is 525 g/mol. The second kappa shape index (κ2) is 8.84. The first-order valence-corrected chi connectivity index (χ1v) is 13.1. The van der Waals surface area contributed by atoms with Crippen molar-refractivity contribution in [1.82, 2.24) is 4.90 Å². The zero-order valence-corrected chi connectivity index (χ0v) is 22.1. The van der Waals surface area contributed by atoms with Crippen molar-refractivity contribution < 1.29 is 34.8 Å². The van der Waals surface area contributed by atoms with E-state index < -0.39 is 52.0 Å². The number of ketones is 2. The maximum Gasteiger partial charge on any atom is 0.255 e. The van der Waals surface area contributed by atoms with Crippen molar-refractivity contribution in [3.63, 3.8) is 0 Å². The smallest absolute Gasteiger partial charge is 0.255 e. The number of carbonyl (C=O) groups is 3. The third kappa shape index (κ3) is 3.57. The number of carbonyl (C=O) groups excluding carboxylic acids is 3. The molecule has 1 saturated heterocycles. The number of fused-ring (bicyclic) bond motifs is 3. The molecule has 0 aromatic heterocycles. The van der Waals surface area contributed by atoms with Crippen LogP contribution in [0.1, 0.15) is 56.2 Å². The first-order chi connectivity index (χ1) is 17.8. The van der Waals surface area contributed by atoms with Crippen LogP contribution in [0.4, 0.5) is 5.69 Å². The Morgan fingerprint density at radius 1 is 1.13 bits per heavy atom. The molecule has 3 aliphatic carbocycles. The van der Waals surface area contributed by atoms with Crippen LogP contribution >= 0.6 is 0 Å². The van der Waals surface area contributed by atoms with Gasteiger partial charge >= 0.3 is 0 Å². The minimum atomic E-state index is -2.56. The first kappa shape index (κ1) is 26.2. The van der Waals surface area contributed by atoms with Gasteiger partial charge in [-0.3, -0.25) is 19.3 Å². The Labute approximate surface area is 221 Å². The van der Waals surface area contributed by atoms with E-state index in [-0.39, 0.29) is 36.1 Å². The van der Waals surface area contributed by atoms with Gasteiger partial charge in [-0.2, -0.15) is 0 Å². The zero-order valence-electron chi connectivity index (χ0n) is 22.1. The molecule has 1 aromatic carbocycles. The molecule has 2 fully saturated rings. The highest BCUT2D eigenvalue weighted by Gasteiger charge is 2.60. The van der Waals surface area contributed by atoms with Crippen LogP contribution in [0.25, 0.3) is 5.76 Å². The maximum absolute atomic E-state index is 13.8. The second-order valence-electron chi connectivity index (χ2n) is 11.5. The van der Waals surface area contributed by atoms with Crippen LogP contribution in [0.3, 0.4) is 0 Å². The van der Waals surface area contributed by atoms with Gasteiger partial charge in [-0.25, -0.2) is 0 Å². The highest BCUT2D eigenvalue weighted by molar-refractivity contribution is 6.22. The molecule has 10 heteroatoms. The number of Topliss-reactive ketones (excluding diaryl/α,β-unsaturated/α-hetero) is 2. The molecule has 0 spiro atoms. The summed E-state index contributed by atoms with van der Waals surface area (Å²) < 4.78 is 0. The molecule has 0 radical (unpaired) electrons. The molecule has 5 rings (SSSR count). The SMILES string of the molecule is CC1CCC(C)N1Cc1cc(N(C)C)c2c(c1O)C(O)=C1C(=O)C3(O)C(O)=C(C(N)=O)C(=O)CC3CC1C2. The molecule has 38 heavy (non-hydrogen) atoms. The number of nitrogens with zero attached hydrogens (tertiary/aromatic N) is 2. The predicted molar refractivity (Wildman–Crippen MR) is 139 cm³/mol. The lowest BCUT2D eigenvalue weighted by Crippen LogP contribution is -2.58. The van der Waals surface area contributed by atoms with E-state index in [9.17, 15) is 34.8 Å². The van der Waals surface area contributed by atoms with Gasteiger partial charge in [0.15, 0.2) is 11.4 Å². The van der Waals surface area contributed by atoms with E-state index in [1.165, 1.54) is 0 Å². The maximum atomic E-state index is 13.8. The molecular weight excluding hydrogens is 490 g/mol. The number of anilines is 1. The third-order valence-corrected chi connectivity index (χ3v) is 9.09. The van der Waals surface area contributed by atoms with Gasteiger partial charge < -0.3 is 31.1 Å². The van der Waals surface area contributed by atoms with Crippen LogP contribution in [-0.4, -0.2) is 74.6 Å². The Balaban J connectivity index is 1.67. The van der Waals surface area contributed by atoms with Crippen molar-refractivity contribution in [3.8, 4) is 5.75 Å². The molecule has 6 N–H and O–H groups in total. The fourth-order valence-electron chi connectivity index (χ4n) is 7.00. The Hall–Kier alpha value is -3.37. The average Bonchev–Trinajstić information content (AvgIpc) is 3.14. The minimum absolute atomic E-state index is 0.112. The van der Waals surface area contributed by atoms with E-state index in [1.54, 1.807) is 0 Å². The Morgan fingerprint density at radius 3 is 2.34 bits per heavy atom. The molecule has 5 unspecified atom stereocenters. The largest absolute Gasteiger partial charge is 0.508 e. The van der Waals surface area contributed by atoms with Crippen LogP contribution in [0.15, 0.2) is 23.0 Å². The zero-order chi connectivity index (χ0) is 27.8. The fourth-order valence-corrected chi connectivity index (χ4v) is 7.00. The molecule has 1 amide bonds. The van der Waals surface area contributed by atoms with Crippen molar-refractivity contribution in [2.24, 2.45) is 17.6 Å². The minimum Gasteiger partial charge on any atom is -0.508 e. The van der Waals surface area contributed by atoms with Crippen molar-refractivity contribution >= 4 is 28.9 Å². The lowest BCUT2D eigenvalue weighted by atomic mass is 9.59. The van der Waals surface area contributed by atoms with Gasteiger partial charge in [0.2, 0.25) is 5.78 Å². The number of likely N-dealkylation sites (tertiary alicyclic amines) is 1. The molecule has 1 aliphatic heterocycles. The van der Waals surface area contributed by atoms with Crippen LogP contribution in [0.5, 0.6) is 5.75 Å². The number of phenolic OH excluding ortho intramolecular Hbond substituents is 1. The van der Waals surface area contributed by atoms with E-state index in [0.29, 0.717) is 29.8 Å². The number of rotatable bonds is 4. The van der Waals surface area contributed by atoms with E-state index in [0.717, 1.165) is 18.5 Å². The summed E-state index contributed by atoms with van der Waals surface area (Å²) in [7, 11) is 3.74. The molecule has 1 heterocycles. The number of benzene rings is 1. The van der Waals surface area contributed by atoms with Crippen molar-refractivity contribution in [2.75, 3.05) is 19.0 Å². The summed E-state index contributed by atoms with van der Waals surface area (Å²) in [6.45, 7) is 4.74. The molecule has 204 valence electrons. The summed E-state index contributed by atoms with van der Waals surface area (Å²) in [5.41, 5.74) is 4.00. The lowest BCUT2D eigenvalue weighted by Gasteiger charge is -2.46. The third-order valence-electron chi connectivity index (χ3n) is 9.09. The van der Waals surface area contributed by atoms with E-state index in [4.69, 9.17) is 5.73 Å². The van der Waals surface area contributed by atoms with E-state index >= 15 is 0 Å². The number of phenols is 1. The van der Waals surface area contributed by atoms with Crippen LogP contribution in [-0.2, 0) is 27.3 Å². The number of aromatic hydroxyl groups is 1. The molecule has 4 aliphatic rings. The number of primary amides is 1. The topological polar surface area (TPSA) is 165 Å². The van der Waals surface area contributed by atoms with Gasteiger partial charge in [-0.15, -0.1) is 0 Å². The van der Waals surface area contributed by atoms with E-state index in [1.807, 2.05) is 25.1 Å². The Bertz CT molecular complexity index is 1320. The van der Waals surface area contributed by atoms with Crippen LogP contribution in [0.2, 0.25) is 0 Å². The molecule has 1 aromatic rings. The van der Waals surface area contributed by atoms with Crippen LogP contribution < -0.4 is 10.6 Å². The van der Waals surface area contributed by atoms with Gasteiger partial charge in [-0.05, 0) is 57.1 Å². The van der Waals surface area contributed by atoms with Crippen molar-refractivity contribution in [2.45, 2.75) is 70.2 Å². The first-order valence-electron chi connectivity index (χ1n) is 13.1. The Kier molecular flexibility index (Phi) is 6.11. The number of amides is 1. The molecule has 1 saturated carbocycles. The quantitative estimate of drug-likeness (QED) is 0.369. The van der Waals surface area contributed by atoms with Gasteiger partial charge in [0.25, 0.3) is 5.91 Å². The molecule has 0 bridgehead atoms. The number of aliphatic hydroxyl groups excluding tert-OH is 2. The average molecular weight is 526 g/mol. The number of aliphatic hydroxyl groups is 3. The standard InChI is InChI=1S/C28H35N3O7/c1-12-5-6-13(2)31(12)11-15-9-18(30(3)4)17-8-14-7-16-10-19(32)22(27(29)37)26(36)28(16,38)25(35)20(14)24(34)21(17)23(15)33/h9,12-14,16,33-34,36,38H,5-8,10-11H2,1-4H3,(H2,29,37). The summed E-state index contributed by atoms with van der Waals surface area (Å²) in [4.78, 5) is 42.3.